The van der Waals surface area contributed by atoms with E-state index in [0.29, 0.717) is 11.7 Å². The molecule has 0 bridgehead atoms. The summed E-state index contributed by atoms with van der Waals surface area (Å²) in [6.45, 7) is 1.99. The number of nitrogens with zero attached hydrogens (tertiary/aromatic N) is 1. The molecule has 0 aliphatic heterocycles. The number of aromatic amines is 1. The van der Waals surface area contributed by atoms with Crippen LogP contribution >= 0.6 is 0 Å². The predicted molar refractivity (Wildman–Crippen MR) is 61.6 cm³/mol. The van der Waals surface area contributed by atoms with Crippen molar-refractivity contribution in [3.8, 4) is 17.3 Å². The molecule has 0 aliphatic carbocycles. The summed E-state index contributed by atoms with van der Waals surface area (Å²) in [6, 6.07) is 9.08. The number of hydrogen-bond donors (Lipinski definition) is 1. The molecule has 1 aromatic heterocycles. The first-order valence-electron chi connectivity index (χ1n) is 4.91. The Kier molecular flexibility index (Phi) is 2.72. The van der Waals surface area contributed by atoms with Gasteiger partial charge in [-0.05, 0) is 13.0 Å². The van der Waals surface area contributed by atoms with Crippen molar-refractivity contribution < 1.29 is 4.74 Å². The van der Waals surface area contributed by atoms with E-state index in [4.69, 9.17) is 4.74 Å². The minimum Gasteiger partial charge on any atom is -0.481 e. The quantitative estimate of drug-likeness (QED) is 0.832. The van der Waals surface area contributed by atoms with E-state index >= 15 is 0 Å². The molecule has 0 amide bonds. The molecule has 0 saturated heterocycles. The maximum Gasteiger partial charge on any atom is 0.254 e. The number of rotatable bonds is 2. The molecule has 4 heteroatoms. The number of hydrogen-bond acceptors (Lipinski definition) is 3. The normalized spacial score (nSPS) is 10.1. The minimum atomic E-state index is -0.219. The Hall–Kier alpha value is -2.10. The lowest BCUT2D eigenvalue weighted by atomic mass is 10.1. The molecular formula is C12H12N2O2. The molecule has 0 aliphatic rings. The van der Waals surface area contributed by atoms with Crippen LogP contribution < -0.4 is 10.3 Å². The molecule has 0 unspecified atom stereocenters. The molecule has 82 valence electrons. The van der Waals surface area contributed by atoms with Gasteiger partial charge in [0.2, 0.25) is 5.88 Å². The molecule has 2 rings (SSSR count). The number of methoxy groups -OCH3 is 1. The molecule has 16 heavy (non-hydrogen) atoms. The largest absolute Gasteiger partial charge is 0.481 e. The second kappa shape index (κ2) is 4.18. The lowest BCUT2D eigenvalue weighted by Gasteiger charge is -2.03. The highest BCUT2D eigenvalue weighted by Crippen LogP contribution is 2.16. The number of aromatic nitrogens is 2. The van der Waals surface area contributed by atoms with Crippen molar-refractivity contribution in [2.75, 3.05) is 7.11 Å². The van der Waals surface area contributed by atoms with Crippen LogP contribution in [0.5, 0.6) is 5.88 Å². The van der Waals surface area contributed by atoms with E-state index in [1.165, 1.54) is 13.2 Å². The number of benzene rings is 1. The Morgan fingerprint density at radius 1 is 1.31 bits per heavy atom. The summed E-state index contributed by atoms with van der Waals surface area (Å²) in [5.74, 6) is 0.841. The van der Waals surface area contributed by atoms with Gasteiger partial charge in [0.15, 0.2) is 0 Å². The Bertz CT molecular complexity index is 561. The van der Waals surface area contributed by atoms with Crippen LogP contribution in [0.25, 0.3) is 11.4 Å². The van der Waals surface area contributed by atoms with Gasteiger partial charge in [-0.3, -0.25) is 4.79 Å². The standard InChI is InChI=1S/C12H12N2O2/c1-8-4-3-5-9(6-8)12-13-10(15)7-11(14-12)16-2/h3-7H,1-2H3,(H,13,14,15). The monoisotopic (exact) mass is 216 g/mol. The van der Waals surface area contributed by atoms with E-state index in [1.807, 2.05) is 31.2 Å². The first-order valence-corrected chi connectivity index (χ1v) is 4.91. The number of nitrogens with one attached hydrogen (secondary N) is 1. The Labute approximate surface area is 92.9 Å². The van der Waals surface area contributed by atoms with Gasteiger partial charge in [-0.15, -0.1) is 0 Å². The average molecular weight is 216 g/mol. The topological polar surface area (TPSA) is 55.0 Å². The summed E-state index contributed by atoms with van der Waals surface area (Å²) in [5, 5.41) is 0. The van der Waals surface area contributed by atoms with E-state index < -0.39 is 0 Å². The first kappa shape index (κ1) is 10.4. The van der Waals surface area contributed by atoms with Gasteiger partial charge >= 0.3 is 0 Å². The Morgan fingerprint density at radius 3 is 2.81 bits per heavy atom. The molecule has 1 heterocycles. The Morgan fingerprint density at radius 2 is 2.12 bits per heavy atom. The lowest BCUT2D eigenvalue weighted by Crippen LogP contribution is -2.08. The van der Waals surface area contributed by atoms with Crippen molar-refractivity contribution in [1.82, 2.24) is 9.97 Å². The van der Waals surface area contributed by atoms with Gasteiger partial charge in [0, 0.05) is 5.56 Å². The fourth-order valence-electron chi connectivity index (χ4n) is 1.47. The zero-order chi connectivity index (χ0) is 11.5. The summed E-state index contributed by atoms with van der Waals surface area (Å²) >= 11 is 0. The molecule has 0 fully saturated rings. The van der Waals surface area contributed by atoms with Crippen molar-refractivity contribution >= 4 is 0 Å². The van der Waals surface area contributed by atoms with E-state index in [0.717, 1.165) is 11.1 Å². The number of ether oxygens (including phenoxy) is 1. The summed E-state index contributed by atoms with van der Waals surface area (Å²) in [4.78, 5) is 18.2. The van der Waals surface area contributed by atoms with Gasteiger partial charge < -0.3 is 9.72 Å². The third-order valence-corrected chi connectivity index (χ3v) is 2.22. The molecule has 0 spiro atoms. The van der Waals surface area contributed by atoms with Gasteiger partial charge in [0.05, 0.1) is 13.2 Å². The molecule has 0 saturated carbocycles. The van der Waals surface area contributed by atoms with Crippen LogP contribution in [0.2, 0.25) is 0 Å². The van der Waals surface area contributed by atoms with Crippen molar-refractivity contribution in [3.05, 3.63) is 46.2 Å². The SMILES string of the molecule is COc1cc(=O)[nH]c(-c2cccc(C)c2)n1. The fourth-order valence-corrected chi connectivity index (χ4v) is 1.47. The number of aryl methyl sites for hydroxylation is 1. The van der Waals surface area contributed by atoms with Crippen LogP contribution in [0.4, 0.5) is 0 Å². The smallest absolute Gasteiger partial charge is 0.254 e. The lowest BCUT2D eigenvalue weighted by molar-refractivity contribution is 0.397. The second-order valence-corrected chi connectivity index (χ2v) is 3.51. The van der Waals surface area contributed by atoms with Crippen molar-refractivity contribution in [1.29, 1.82) is 0 Å². The maximum absolute atomic E-state index is 11.4. The molecule has 2 aromatic rings. The third-order valence-electron chi connectivity index (χ3n) is 2.22. The summed E-state index contributed by atoms with van der Waals surface area (Å²) < 4.78 is 4.96. The molecule has 1 aromatic carbocycles. The highest BCUT2D eigenvalue weighted by atomic mass is 16.5. The fraction of sp³-hybridized carbons (Fsp3) is 0.167. The van der Waals surface area contributed by atoms with Crippen molar-refractivity contribution in [2.45, 2.75) is 6.92 Å². The van der Waals surface area contributed by atoms with Gasteiger partial charge in [-0.2, -0.15) is 4.98 Å². The van der Waals surface area contributed by atoms with E-state index in [2.05, 4.69) is 9.97 Å². The van der Waals surface area contributed by atoms with Crippen LogP contribution in [-0.4, -0.2) is 17.1 Å². The highest BCUT2D eigenvalue weighted by Gasteiger charge is 2.03. The molecule has 0 radical (unpaired) electrons. The van der Waals surface area contributed by atoms with Gasteiger partial charge in [-0.1, -0.05) is 23.8 Å². The zero-order valence-electron chi connectivity index (χ0n) is 9.15. The van der Waals surface area contributed by atoms with Gasteiger partial charge in [0.25, 0.3) is 5.56 Å². The molecule has 1 N–H and O–H groups in total. The van der Waals surface area contributed by atoms with Crippen LogP contribution in [-0.2, 0) is 0 Å². The Balaban J connectivity index is 2.55. The van der Waals surface area contributed by atoms with Crippen molar-refractivity contribution in [3.63, 3.8) is 0 Å². The summed E-state index contributed by atoms with van der Waals surface area (Å²) in [6.07, 6.45) is 0. The van der Waals surface area contributed by atoms with E-state index in [9.17, 15) is 4.79 Å². The highest BCUT2D eigenvalue weighted by molar-refractivity contribution is 5.56. The third kappa shape index (κ3) is 2.11. The number of H-pyrrole nitrogens is 1. The van der Waals surface area contributed by atoms with Gasteiger partial charge in [0.1, 0.15) is 5.82 Å². The summed E-state index contributed by atoms with van der Waals surface area (Å²) in [7, 11) is 1.49. The van der Waals surface area contributed by atoms with E-state index in [-0.39, 0.29) is 5.56 Å². The second-order valence-electron chi connectivity index (χ2n) is 3.51. The maximum atomic E-state index is 11.4. The average Bonchev–Trinajstić information content (AvgIpc) is 2.28. The van der Waals surface area contributed by atoms with Crippen LogP contribution in [0.3, 0.4) is 0 Å². The minimum absolute atomic E-state index is 0.219. The molecule has 4 nitrogen and oxygen atoms in total. The van der Waals surface area contributed by atoms with Crippen LogP contribution in [0.1, 0.15) is 5.56 Å². The van der Waals surface area contributed by atoms with Crippen LogP contribution in [0, 0.1) is 6.92 Å². The zero-order valence-corrected chi connectivity index (χ0v) is 9.15. The van der Waals surface area contributed by atoms with E-state index in [1.54, 1.807) is 0 Å². The summed E-state index contributed by atoms with van der Waals surface area (Å²) in [5.41, 5.74) is 1.77. The predicted octanol–water partition coefficient (Wildman–Crippen LogP) is 1.75. The first-order chi connectivity index (χ1) is 7.69. The van der Waals surface area contributed by atoms with Crippen molar-refractivity contribution in [2.24, 2.45) is 0 Å². The van der Waals surface area contributed by atoms with Gasteiger partial charge in [-0.25, -0.2) is 0 Å². The molecular weight excluding hydrogens is 204 g/mol. The van der Waals surface area contributed by atoms with Crippen LogP contribution in [0.15, 0.2) is 35.1 Å². The molecule has 0 atom stereocenters.